The third-order valence-corrected chi connectivity index (χ3v) is 4.84. The molecule has 0 amide bonds. The number of piperazine rings is 1. The molecule has 20 heavy (non-hydrogen) atoms. The number of nitrogens with zero attached hydrogens (tertiary/aromatic N) is 2. The maximum atomic E-state index is 6.13. The molecular formula is C16H26BrN3. The highest BCUT2D eigenvalue weighted by molar-refractivity contribution is 9.10. The largest absolute Gasteiger partial charge is 0.369 e. The number of rotatable bonds is 4. The summed E-state index contributed by atoms with van der Waals surface area (Å²) in [5.41, 5.74) is 8.66. The molecule has 0 aliphatic carbocycles. The molecule has 1 heterocycles. The first-order valence-electron chi connectivity index (χ1n) is 7.57. The molecule has 1 aromatic carbocycles. The summed E-state index contributed by atoms with van der Waals surface area (Å²) < 4.78 is 1.10. The molecule has 3 nitrogen and oxygen atoms in total. The molecule has 2 rings (SSSR count). The number of halogens is 1. The van der Waals surface area contributed by atoms with Crippen molar-refractivity contribution in [3.63, 3.8) is 0 Å². The molecule has 2 atom stereocenters. The fourth-order valence-corrected chi connectivity index (χ4v) is 3.22. The van der Waals surface area contributed by atoms with Crippen LogP contribution in [0.3, 0.4) is 0 Å². The topological polar surface area (TPSA) is 32.5 Å². The maximum Gasteiger partial charge on any atom is 0.0416 e. The van der Waals surface area contributed by atoms with Gasteiger partial charge < -0.3 is 10.6 Å². The molecule has 0 aromatic heterocycles. The van der Waals surface area contributed by atoms with Crippen LogP contribution < -0.4 is 10.6 Å². The first kappa shape index (κ1) is 15.8. The molecule has 0 spiro atoms. The summed E-state index contributed by atoms with van der Waals surface area (Å²) in [4.78, 5) is 5.06. The van der Waals surface area contributed by atoms with Crippen molar-refractivity contribution in [2.75, 3.05) is 31.1 Å². The molecule has 1 fully saturated rings. The van der Waals surface area contributed by atoms with Gasteiger partial charge in [-0.1, -0.05) is 22.9 Å². The van der Waals surface area contributed by atoms with Crippen LogP contribution in [0.25, 0.3) is 0 Å². The zero-order chi connectivity index (χ0) is 14.7. The SMILES string of the molecule is CCC(C)N1CCN(c2ccc(Br)cc2C(C)N)CC1. The summed E-state index contributed by atoms with van der Waals surface area (Å²) in [5.74, 6) is 0. The van der Waals surface area contributed by atoms with Gasteiger partial charge in [-0.3, -0.25) is 4.90 Å². The first-order chi connectivity index (χ1) is 9.52. The maximum absolute atomic E-state index is 6.13. The Labute approximate surface area is 131 Å². The Morgan fingerprint density at radius 2 is 1.85 bits per heavy atom. The molecule has 1 saturated heterocycles. The van der Waals surface area contributed by atoms with Crippen LogP contribution in [0.5, 0.6) is 0 Å². The van der Waals surface area contributed by atoms with Crippen molar-refractivity contribution in [2.24, 2.45) is 5.73 Å². The Bertz CT molecular complexity index is 439. The van der Waals surface area contributed by atoms with E-state index < -0.39 is 0 Å². The summed E-state index contributed by atoms with van der Waals surface area (Å²) in [5, 5.41) is 0. The standard InChI is InChI=1S/C16H26BrN3/c1-4-12(2)19-7-9-20(10-8-19)16-6-5-14(17)11-15(16)13(3)18/h5-6,11-13H,4,7-10,18H2,1-3H3. The number of hydrogen-bond donors (Lipinski definition) is 1. The summed E-state index contributed by atoms with van der Waals surface area (Å²) >= 11 is 3.54. The lowest BCUT2D eigenvalue weighted by atomic mass is 10.0. The van der Waals surface area contributed by atoms with E-state index in [1.54, 1.807) is 0 Å². The van der Waals surface area contributed by atoms with Crippen LogP contribution >= 0.6 is 15.9 Å². The second kappa shape index (κ2) is 6.92. The van der Waals surface area contributed by atoms with Crippen LogP contribution in [0, 0.1) is 0 Å². The second-order valence-electron chi connectivity index (χ2n) is 5.77. The molecule has 112 valence electrons. The van der Waals surface area contributed by atoms with Gasteiger partial charge in [-0.05, 0) is 44.0 Å². The lowest BCUT2D eigenvalue weighted by Crippen LogP contribution is -2.49. The van der Waals surface area contributed by atoms with E-state index in [1.165, 1.54) is 17.7 Å². The zero-order valence-electron chi connectivity index (χ0n) is 12.8. The highest BCUT2D eigenvalue weighted by Gasteiger charge is 2.22. The summed E-state index contributed by atoms with van der Waals surface area (Å²) in [7, 11) is 0. The Morgan fingerprint density at radius 1 is 1.20 bits per heavy atom. The van der Waals surface area contributed by atoms with Gasteiger partial charge in [0.1, 0.15) is 0 Å². The van der Waals surface area contributed by atoms with E-state index in [9.17, 15) is 0 Å². The summed E-state index contributed by atoms with van der Waals surface area (Å²) in [6, 6.07) is 7.22. The van der Waals surface area contributed by atoms with E-state index >= 15 is 0 Å². The highest BCUT2D eigenvalue weighted by atomic mass is 79.9. The molecule has 0 saturated carbocycles. The van der Waals surface area contributed by atoms with Crippen LogP contribution in [-0.4, -0.2) is 37.1 Å². The molecule has 2 N–H and O–H groups in total. The molecule has 1 aromatic rings. The van der Waals surface area contributed by atoms with Crippen LogP contribution in [0.2, 0.25) is 0 Å². The minimum atomic E-state index is 0.0649. The number of benzene rings is 1. The lowest BCUT2D eigenvalue weighted by molar-refractivity contribution is 0.192. The normalized spacial score (nSPS) is 19.9. The van der Waals surface area contributed by atoms with Gasteiger partial charge in [-0.15, -0.1) is 0 Å². The molecule has 0 bridgehead atoms. The van der Waals surface area contributed by atoms with E-state index in [-0.39, 0.29) is 6.04 Å². The predicted octanol–water partition coefficient (Wildman–Crippen LogP) is 3.39. The summed E-state index contributed by atoms with van der Waals surface area (Å²) in [6.07, 6.45) is 1.23. The highest BCUT2D eigenvalue weighted by Crippen LogP contribution is 2.29. The van der Waals surface area contributed by atoms with E-state index in [0.717, 1.165) is 30.7 Å². The van der Waals surface area contributed by atoms with Gasteiger partial charge in [0.25, 0.3) is 0 Å². The van der Waals surface area contributed by atoms with Crippen LogP contribution in [0.15, 0.2) is 22.7 Å². The van der Waals surface area contributed by atoms with Crippen LogP contribution in [-0.2, 0) is 0 Å². The van der Waals surface area contributed by atoms with Crippen molar-refractivity contribution < 1.29 is 0 Å². The van der Waals surface area contributed by atoms with Gasteiger partial charge >= 0.3 is 0 Å². The Kier molecular flexibility index (Phi) is 5.47. The van der Waals surface area contributed by atoms with Crippen molar-refractivity contribution in [1.82, 2.24) is 4.90 Å². The Morgan fingerprint density at radius 3 is 2.40 bits per heavy atom. The minimum Gasteiger partial charge on any atom is -0.369 e. The van der Waals surface area contributed by atoms with E-state index in [0.29, 0.717) is 6.04 Å². The monoisotopic (exact) mass is 339 g/mol. The Hall–Kier alpha value is -0.580. The summed E-state index contributed by atoms with van der Waals surface area (Å²) in [6.45, 7) is 11.1. The fourth-order valence-electron chi connectivity index (χ4n) is 2.84. The molecule has 1 aliphatic rings. The number of anilines is 1. The van der Waals surface area contributed by atoms with Gasteiger partial charge in [-0.25, -0.2) is 0 Å². The number of nitrogens with two attached hydrogens (primary N) is 1. The lowest BCUT2D eigenvalue weighted by Gasteiger charge is -2.40. The van der Waals surface area contributed by atoms with Crippen molar-refractivity contribution in [1.29, 1.82) is 0 Å². The molecule has 4 heteroatoms. The van der Waals surface area contributed by atoms with Gasteiger partial charge in [0.05, 0.1) is 0 Å². The molecule has 1 aliphatic heterocycles. The quantitative estimate of drug-likeness (QED) is 0.912. The van der Waals surface area contributed by atoms with Crippen molar-refractivity contribution >= 4 is 21.6 Å². The number of hydrogen-bond acceptors (Lipinski definition) is 3. The van der Waals surface area contributed by atoms with Crippen molar-refractivity contribution in [2.45, 2.75) is 39.3 Å². The van der Waals surface area contributed by atoms with E-state index in [4.69, 9.17) is 5.73 Å². The van der Waals surface area contributed by atoms with Gasteiger partial charge in [0.15, 0.2) is 0 Å². The third kappa shape index (κ3) is 3.54. The fraction of sp³-hybridized carbons (Fsp3) is 0.625. The molecule has 2 unspecified atom stereocenters. The average molecular weight is 340 g/mol. The smallest absolute Gasteiger partial charge is 0.0416 e. The van der Waals surface area contributed by atoms with Gasteiger partial charge in [0, 0.05) is 48.4 Å². The third-order valence-electron chi connectivity index (χ3n) is 4.35. The van der Waals surface area contributed by atoms with Crippen molar-refractivity contribution in [3.05, 3.63) is 28.2 Å². The molecule has 0 radical (unpaired) electrons. The van der Waals surface area contributed by atoms with Crippen LogP contribution in [0.4, 0.5) is 5.69 Å². The van der Waals surface area contributed by atoms with Gasteiger partial charge in [0.2, 0.25) is 0 Å². The first-order valence-corrected chi connectivity index (χ1v) is 8.36. The van der Waals surface area contributed by atoms with Crippen LogP contribution in [0.1, 0.15) is 38.8 Å². The van der Waals surface area contributed by atoms with E-state index in [2.05, 4.69) is 64.7 Å². The zero-order valence-corrected chi connectivity index (χ0v) is 14.4. The Balaban J connectivity index is 2.11. The average Bonchev–Trinajstić information content (AvgIpc) is 2.46. The van der Waals surface area contributed by atoms with Gasteiger partial charge in [-0.2, -0.15) is 0 Å². The van der Waals surface area contributed by atoms with Crippen molar-refractivity contribution in [3.8, 4) is 0 Å². The molecular weight excluding hydrogens is 314 g/mol. The predicted molar refractivity (Wildman–Crippen MR) is 90.3 cm³/mol. The van der Waals surface area contributed by atoms with E-state index in [1.807, 2.05) is 0 Å². The minimum absolute atomic E-state index is 0.0649. The second-order valence-corrected chi connectivity index (χ2v) is 6.69.